The Morgan fingerprint density at radius 3 is 3.06 bits per heavy atom. The zero-order valence-corrected chi connectivity index (χ0v) is 10.4. The van der Waals surface area contributed by atoms with E-state index < -0.39 is 18.2 Å². The van der Waals surface area contributed by atoms with Crippen molar-refractivity contribution in [2.24, 2.45) is 5.41 Å². The van der Waals surface area contributed by atoms with E-state index >= 15 is 0 Å². The third kappa shape index (κ3) is 2.50. The summed E-state index contributed by atoms with van der Waals surface area (Å²) >= 11 is 5.80. The Morgan fingerprint density at radius 1 is 1.65 bits per heavy atom. The number of rotatable bonds is 2. The molecule has 1 aromatic heterocycles. The van der Waals surface area contributed by atoms with E-state index in [9.17, 15) is 9.50 Å². The first-order valence-electron chi connectivity index (χ1n) is 5.52. The fourth-order valence-electron chi connectivity index (χ4n) is 2.07. The highest BCUT2D eigenvalue weighted by molar-refractivity contribution is 6.29. The molecule has 1 aliphatic heterocycles. The number of aliphatic hydroxyl groups is 1. The van der Waals surface area contributed by atoms with Gasteiger partial charge in [-0.2, -0.15) is 0 Å². The maximum atomic E-state index is 13.0. The van der Waals surface area contributed by atoms with Crippen molar-refractivity contribution in [2.45, 2.75) is 19.4 Å². The fourth-order valence-corrected chi connectivity index (χ4v) is 2.21. The highest BCUT2D eigenvalue weighted by Gasteiger charge is 2.39. The van der Waals surface area contributed by atoms with E-state index in [0.717, 1.165) is 0 Å². The number of anilines is 1. The third-order valence-electron chi connectivity index (χ3n) is 3.28. The normalized spacial score (nSPS) is 29.4. The van der Waals surface area contributed by atoms with Gasteiger partial charge >= 0.3 is 0 Å². The van der Waals surface area contributed by atoms with E-state index in [1.807, 2.05) is 4.90 Å². The molecule has 2 rings (SSSR count). The summed E-state index contributed by atoms with van der Waals surface area (Å²) < 4.78 is 13.0. The second-order valence-electron chi connectivity index (χ2n) is 4.71. The predicted octanol–water partition coefficient (Wildman–Crippen LogP) is 1.68. The molecule has 17 heavy (non-hydrogen) atoms. The molecule has 0 spiro atoms. The Kier molecular flexibility index (Phi) is 3.49. The first kappa shape index (κ1) is 12.5. The van der Waals surface area contributed by atoms with Crippen LogP contribution >= 0.6 is 11.6 Å². The molecule has 2 unspecified atom stereocenters. The van der Waals surface area contributed by atoms with Gasteiger partial charge < -0.3 is 10.0 Å². The Hall–Kier alpha value is -0.940. The van der Waals surface area contributed by atoms with Crippen molar-refractivity contribution in [1.29, 1.82) is 0 Å². The molecule has 1 aliphatic rings. The lowest BCUT2D eigenvalue weighted by Gasteiger charge is -2.42. The number of nitrogens with zero attached hydrogens (tertiary/aromatic N) is 3. The van der Waals surface area contributed by atoms with Crippen molar-refractivity contribution in [3.8, 4) is 0 Å². The molecule has 4 nitrogen and oxygen atoms in total. The van der Waals surface area contributed by atoms with Gasteiger partial charge in [-0.05, 0) is 6.42 Å². The lowest BCUT2D eigenvalue weighted by Crippen LogP contribution is -2.51. The van der Waals surface area contributed by atoms with E-state index in [0.29, 0.717) is 30.5 Å². The third-order valence-corrected chi connectivity index (χ3v) is 3.48. The summed E-state index contributed by atoms with van der Waals surface area (Å²) in [6.07, 6.45) is 1.30. The van der Waals surface area contributed by atoms with E-state index in [1.54, 1.807) is 13.0 Å². The summed E-state index contributed by atoms with van der Waals surface area (Å²) in [6, 6.07) is 1.65. The van der Waals surface area contributed by atoms with Gasteiger partial charge in [-0.3, -0.25) is 4.39 Å². The quantitative estimate of drug-likeness (QED) is 0.821. The molecular weight excluding hydrogens is 245 g/mol. The number of aromatic nitrogens is 2. The summed E-state index contributed by atoms with van der Waals surface area (Å²) in [5.74, 6) is 0.677. The molecule has 0 radical (unpaired) electrons. The second kappa shape index (κ2) is 4.74. The fraction of sp³-hybridized carbons (Fsp3) is 0.636. The zero-order valence-electron chi connectivity index (χ0n) is 9.61. The Morgan fingerprint density at radius 2 is 2.41 bits per heavy atom. The molecule has 1 aromatic rings. The SMILES string of the molecule is CC1(CF)CN(c2cc(Cl)ncn2)CCC1O. The number of alkyl halides is 1. The molecule has 0 amide bonds. The van der Waals surface area contributed by atoms with Crippen LogP contribution in [0.2, 0.25) is 5.15 Å². The van der Waals surface area contributed by atoms with Gasteiger partial charge in [0, 0.05) is 24.6 Å². The molecule has 1 saturated heterocycles. The number of halogens is 2. The highest BCUT2D eigenvalue weighted by Crippen LogP contribution is 2.32. The van der Waals surface area contributed by atoms with E-state index in [4.69, 9.17) is 11.6 Å². The first-order valence-corrected chi connectivity index (χ1v) is 5.89. The van der Waals surface area contributed by atoms with Crippen LogP contribution in [0.1, 0.15) is 13.3 Å². The van der Waals surface area contributed by atoms with E-state index in [-0.39, 0.29) is 0 Å². The maximum absolute atomic E-state index is 13.0. The zero-order chi connectivity index (χ0) is 12.5. The smallest absolute Gasteiger partial charge is 0.134 e. The first-order chi connectivity index (χ1) is 8.05. The molecule has 6 heteroatoms. The van der Waals surface area contributed by atoms with Gasteiger partial charge in [0.05, 0.1) is 12.8 Å². The Bertz CT molecular complexity index is 406. The van der Waals surface area contributed by atoms with Crippen molar-refractivity contribution in [3.63, 3.8) is 0 Å². The monoisotopic (exact) mass is 259 g/mol. The van der Waals surface area contributed by atoms with Gasteiger partial charge in [-0.15, -0.1) is 0 Å². The lowest BCUT2D eigenvalue weighted by molar-refractivity contribution is 0.00456. The van der Waals surface area contributed by atoms with Crippen molar-refractivity contribution in [1.82, 2.24) is 9.97 Å². The summed E-state index contributed by atoms with van der Waals surface area (Å²) in [4.78, 5) is 9.86. The van der Waals surface area contributed by atoms with Crippen molar-refractivity contribution < 1.29 is 9.50 Å². The highest BCUT2D eigenvalue weighted by atomic mass is 35.5. The van der Waals surface area contributed by atoms with E-state index in [1.165, 1.54) is 6.33 Å². The minimum atomic E-state index is -0.740. The van der Waals surface area contributed by atoms with Crippen molar-refractivity contribution in [2.75, 3.05) is 24.7 Å². The van der Waals surface area contributed by atoms with Gasteiger partial charge in [0.25, 0.3) is 0 Å². The maximum Gasteiger partial charge on any atom is 0.134 e. The Labute approximate surface area is 104 Å². The van der Waals surface area contributed by atoms with Gasteiger partial charge in [0.1, 0.15) is 17.3 Å². The van der Waals surface area contributed by atoms with Crippen LogP contribution in [0.4, 0.5) is 10.2 Å². The molecule has 1 fully saturated rings. The molecule has 94 valence electrons. The van der Waals surface area contributed by atoms with Crippen LogP contribution in [0.3, 0.4) is 0 Å². The summed E-state index contributed by atoms with van der Waals surface area (Å²) in [5.41, 5.74) is -0.740. The van der Waals surface area contributed by atoms with Crippen LogP contribution in [0.15, 0.2) is 12.4 Å². The minimum Gasteiger partial charge on any atom is -0.392 e. The number of aliphatic hydroxyl groups excluding tert-OH is 1. The largest absolute Gasteiger partial charge is 0.392 e. The van der Waals surface area contributed by atoms with Crippen LogP contribution in [0.5, 0.6) is 0 Å². The van der Waals surface area contributed by atoms with Crippen LogP contribution in [0.25, 0.3) is 0 Å². The molecule has 0 bridgehead atoms. The van der Waals surface area contributed by atoms with Crippen LogP contribution in [0, 0.1) is 5.41 Å². The van der Waals surface area contributed by atoms with E-state index in [2.05, 4.69) is 9.97 Å². The molecule has 2 atom stereocenters. The lowest BCUT2D eigenvalue weighted by atomic mass is 9.80. The Balaban J connectivity index is 2.19. The van der Waals surface area contributed by atoms with Crippen molar-refractivity contribution in [3.05, 3.63) is 17.5 Å². The van der Waals surface area contributed by atoms with Gasteiger partial charge in [0.15, 0.2) is 0 Å². The summed E-state index contributed by atoms with van der Waals surface area (Å²) in [7, 11) is 0. The predicted molar refractivity (Wildman–Crippen MR) is 64.0 cm³/mol. The minimum absolute atomic E-state index is 0.364. The van der Waals surface area contributed by atoms with Crippen LogP contribution in [-0.4, -0.2) is 40.9 Å². The number of hydrogen-bond donors (Lipinski definition) is 1. The number of hydrogen-bond acceptors (Lipinski definition) is 4. The molecule has 0 aliphatic carbocycles. The molecule has 0 aromatic carbocycles. The van der Waals surface area contributed by atoms with Gasteiger partial charge in [0.2, 0.25) is 0 Å². The van der Waals surface area contributed by atoms with Gasteiger partial charge in [-0.1, -0.05) is 18.5 Å². The molecule has 2 heterocycles. The topological polar surface area (TPSA) is 49.2 Å². The molecular formula is C11H15ClFN3O. The van der Waals surface area contributed by atoms with Crippen LogP contribution in [-0.2, 0) is 0 Å². The van der Waals surface area contributed by atoms with Gasteiger partial charge in [-0.25, -0.2) is 9.97 Å². The molecule has 0 saturated carbocycles. The molecule has 1 N–H and O–H groups in total. The van der Waals surface area contributed by atoms with Crippen LogP contribution < -0.4 is 4.90 Å². The summed E-state index contributed by atoms with van der Waals surface area (Å²) in [6.45, 7) is 2.26. The average Bonchev–Trinajstić information content (AvgIpc) is 2.33. The number of piperidine rings is 1. The summed E-state index contributed by atoms with van der Waals surface area (Å²) in [5, 5.41) is 10.2. The average molecular weight is 260 g/mol. The second-order valence-corrected chi connectivity index (χ2v) is 5.10. The van der Waals surface area contributed by atoms with Crippen molar-refractivity contribution >= 4 is 17.4 Å². The standard InChI is InChI=1S/C11H15ClFN3O/c1-11(5-13)6-16(3-2-8(11)17)10-4-9(12)14-7-15-10/h4,7-8,17H,2-3,5-6H2,1H3.